The molecule has 2 bridgehead atoms. The van der Waals surface area contributed by atoms with Crippen molar-refractivity contribution in [2.45, 2.75) is 31.3 Å². The molecule has 2 fully saturated rings. The fraction of sp³-hybridized carbons (Fsp3) is 0.350. The number of rotatable bonds is 2. The first-order valence-corrected chi connectivity index (χ1v) is 8.24. The number of benzene rings is 2. The Morgan fingerprint density at radius 1 is 0.727 bits per heavy atom. The molecule has 0 aromatic heterocycles. The summed E-state index contributed by atoms with van der Waals surface area (Å²) in [6.07, 6.45) is 3.20. The number of carbonyl (C=O) groups is 1. The first-order chi connectivity index (χ1) is 10.8. The van der Waals surface area contributed by atoms with E-state index in [1.54, 1.807) is 0 Å². The Morgan fingerprint density at radius 3 is 1.64 bits per heavy atom. The SMILES string of the molecule is O=C1C2CCCC1C(c1ccccc1)NC2c1ccccc1. The molecule has 2 aliphatic rings. The quantitative estimate of drug-likeness (QED) is 0.904. The van der Waals surface area contributed by atoms with E-state index in [0.29, 0.717) is 5.78 Å². The number of hydrogen-bond acceptors (Lipinski definition) is 2. The van der Waals surface area contributed by atoms with Crippen LogP contribution in [0.25, 0.3) is 0 Å². The Labute approximate surface area is 131 Å². The number of hydrogen-bond donors (Lipinski definition) is 1. The summed E-state index contributed by atoms with van der Waals surface area (Å²) in [5.74, 6) is 0.745. The summed E-state index contributed by atoms with van der Waals surface area (Å²) in [4.78, 5) is 12.9. The van der Waals surface area contributed by atoms with E-state index in [-0.39, 0.29) is 23.9 Å². The Balaban J connectivity index is 1.73. The highest BCUT2D eigenvalue weighted by Crippen LogP contribution is 2.45. The topological polar surface area (TPSA) is 29.1 Å². The minimum Gasteiger partial charge on any atom is -0.302 e. The molecular weight excluding hydrogens is 270 g/mol. The monoisotopic (exact) mass is 291 g/mol. The summed E-state index contributed by atoms with van der Waals surface area (Å²) in [5, 5.41) is 3.80. The van der Waals surface area contributed by atoms with Gasteiger partial charge in [-0.25, -0.2) is 0 Å². The molecule has 4 rings (SSSR count). The van der Waals surface area contributed by atoms with Crippen molar-refractivity contribution in [3.8, 4) is 0 Å². The Hall–Kier alpha value is -1.93. The van der Waals surface area contributed by atoms with Gasteiger partial charge in [-0.15, -0.1) is 0 Å². The van der Waals surface area contributed by atoms with Crippen molar-refractivity contribution in [3.63, 3.8) is 0 Å². The van der Waals surface area contributed by atoms with Gasteiger partial charge in [0.1, 0.15) is 5.78 Å². The lowest BCUT2D eigenvalue weighted by atomic mass is 9.67. The lowest BCUT2D eigenvalue weighted by Crippen LogP contribution is -2.50. The van der Waals surface area contributed by atoms with Crippen LogP contribution in [0.15, 0.2) is 60.7 Å². The highest BCUT2D eigenvalue weighted by atomic mass is 16.1. The number of nitrogens with one attached hydrogen (secondary N) is 1. The van der Waals surface area contributed by atoms with E-state index in [9.17, 15) is 4.79 Å². The summed E-state index contributed by atoms with van der Waals surface area (Å²) in [7, 11) is 0. The first-order valence-electron chi connectivity index (χ1n) is 8.24. The second-order valence-corrected chi connectivity index (χ2v) is 6.49. The van der Waals surface area contributed by atoms with Gasteiger partial charge in [0.05, 0.1) is 0 Å². The predicted octanol–water partition coefficient (Wildman–Crippen LogP) is 4.06. The summed E-state index contributed by atoms with van der Waals surface area (Å²) >= 11 is 0. The van der Waals surface area contributed by atoms with E-state index in [1.165, 1.54) is 11.1 Å². The van der Waals surface area contributed by atoms with Gasteiger partial charge < -0.3 is 5.32 Å². The minimum atomic E-state index is 0.140. The third-order valence-corrected chi connectivity index (χ3v) is 5.24. The number of piperidine rings is 1. The van der Waals surface area contributed by atoms with Gasteiger partial charge in [-0.05, 0) is 24.0 Å². The van der Waals surface area contributed by atoms with Gasteiger partial charge in [0, 0.05) is 23.9 Å². The van der Waals surface area contributed by atoms with Crippen molar-refractivity contribution in [1.29, 1.82) is 0 Å². The van der Waals surface area contributed by atoms with Crippen molar-refractivity contribution in [2.75, 3.05) is 0 Å². The van der Waals surface area contributed by atoms with Crippen LogP contribution in [0.2, 0.25) is 0 Å². The van der Waals surface area contributed by atoms with E-state index in [1.807, 2.05) is 12.1 Å². The maximum atomic E-state index is 12.9. The maximum Gasteiger partial charge on any atom is 0.142 e. The summed E-state index contributed by atoms with van der Waals surface area (Å²) in [6.45, 7) is 0. The fourth-order valence-electron chi connectivity index (χ4n) is 4.18. The summed E-state index contributed by atoms with van der Waals surface area (Å²) in [6, 6.07) is 21.2. The van der Waals surface area contributed by atoms with E-state index in [2.05, 4.69) is 53.8 Å². The third kappa shape index (κ3) is 2.28. The van der Waals surface area contributed by atoms with Crippen LogP contribution in [0.5, 0.6) is 0 Å². The van der Waals surface area contributed by atoms with E-state index >= 15 is 0 Å². The average molecular weight is 291 g/mol. The lowest BCUT2D eigenvalue weighted by molar-refractivity contribution is -0.135. The zero-order chi connectivity index (χ0) is 14.9. The van der Waals surface area contributed by atoms with Crippen LogP contribution in [0.3, 0.4) is 0 Å². The zero-order valence-electron chi connectivity index (χ0n) is 12.6. The molecule has 1 aliphatic carbocycles. The molecule has 2 aromatic rings. The molecule has 1 saturated heterocycles. The van der Waals surface area contributed by atoms with Crippen LogP contribution < -0.4 is 5.32 Å². The number of ketones is 1. The van der Waals surface area contributed by atoms with Crippen LogP contribution in [0.1, 0.15) is 42.5 Å². The highest BCUT2D eigenvalue weighted by Gasteiger charge is 2.46. The molecule has 1 saturated carbocycles. The lowest BCUT2D eigenvalue weighted by Gasteiger charge is -2.45. The number of Topliss-reactive ketones (excluding diaryl/α,β-unsaturated/α-hetero) is 1. The molecule has 1 aliphatic heterocycles. The maximum absolute atomic E-state index is 12.9. The second kappa shape index (κ2) is 5.69. The number of fused-ring (bicyclic) bond motifs is 2. The molecule has 1 N–H and O–H groups in total. The van der Waals surface area contributed by atoms with Gasteiger partial charge in [0.25, 0.3) is 0 Å². The van der Waals surface area contributed by atoms with Crippen LogP contribution in [-0.4, -0.2) is 5.78 Å². The van der Waals surface area contributed by atoms with Gasteiger partial charge in [0.15, 0.2) is 0 Å². The molecule has 2 aromatic carbocycles. The van der Waals surface area contributed by atoms with Crippen molar-refractivity contribution >= 4 is 5.78 Å². The molecule has 112 valence electrons. The molecule has 2 heteroatoms. The van der Waals surface area contributed by atoms with Gasteiger partial charge in [-0.1, -0.05) is 67.1 Å². The fourth-order valence-corrected chi connectivity index (χ4v) is 4.18. The second-order valence-electron chi connectivity index (χ2n) is 6.49. The zero-order valence-corrected chi connectivity index (χ0v) is 12.6. The van der Waals surface area contributed by atoms with Gasteiger partial charge in [-0.2, -0.15) is 0 Å². The Kier molecular flexibility index (Phi) is 3.55. The van der Waals surface area contributed by atoms with E-state index in [0.717, 1.165) is 19.3 Å². The Bertz CT molecular complexity index is 596. The molecule has 22 heavy (non-hydrogen) atoms. The number of carbonyl (C=O) groups excluding carboxylic acids is 1. The molecule has 0 amide bonds. The van der Waals surface area contributed by atoms with Crippen LogP contribution in [-0.2, 0) is 4.79 Å². The van der Waals surface area contributed by atoms with Gasteiger partial charge in [0.2, 0.25) is 0 Å². The molecule has 2 nitrogen and oxygen atoms in total. The largest absolute Gasteiger partial charge is 0.302 e. The van der Waals surface area contributed by atoms with Crippen LogP contribution >= 0.6 is 0 Å². The normalized spacial score (nSPS) is 31.0. The van der Waals surface area contributed by atoms with Crippen molar-refractivity contribution in [1.82, 2.24) is 5.32 Å². The van der Waals surface area contributed by atoms with Crippen LogP contribution in [0, 0.1) is 11.8 Å². The van der Waals surface area contributed by atoms with E-state index < -0.39 is 0 Å². The van der Waals surface area contributed by atoms with Crippen molar-refractivity contribution < 1.29 is 4.79 Å². The smallest absolute Gasteiger partial charge is 0.142 e. The van der Waals surface area contributed by atoms with Crippen LogP contribution in [0.4, 0.5) is 0 Å². The summed E-state index contributed by atoms with van der Waals surface area (Å²) in [5.41, 5.74) is 2.48. The third-order valence-electron chi connectivity index (χ3n) is 5.24. The molecule has 0 spiro atoms. The molecule has 4 unspecified atom stereocenters. The predicted molar refractivity (Wildman–Crippen MR) is 87.3 cm³/mol. The average Bonchev–Trinajstić information content (AvgIpc) is 2.57. The highest BCUT2D eigenvalue weighted by molar-refractivity contribution is 5.86. The molecule has 4 atom stereocenters. The minimum absolute atomic E-state index is 0.140. The standard InChI is InChI=1S/C20H21NO/c22-20-16-12-7-13-17(20)19(15-10-5-2-6-11-15)21-18(16)14-8-3-1-4-9-14/h1-6,8-11,16-19,21H,7,12-13H2. The Morgan fingerprint density at radius 2 is 1.18 bits per heavy atom. The van der Waals surface area contributed by atoms with Gasteiger partial charge >= 0.3 is 0 Å². The molecule has 1 heterocycles. The molecule has 0 radical (unpaired) electrons. The van der Waals surface area contributed by atoms with E-state index in [4.69, 9.17) is 0 Å². The van der Waals surface area contributed by atoms with Crippen molar-refractivity contribution in [3.05, 3.63) is 71.8 Å². The van der Waals surface area contributed by atoms with Gasteiger partial charge in [-0.3, -0.25) is 4.79 Å². The summed E-state index contributed by atoms with van der Waals surface area (Å²) < 4.78 is 0. The first kappa shape index (κ1) is 13.7. The van der Waals surface area contributed by atoms with Crippen molar-refractivity contribution in [2.24, 2.45) is 11.8 Å². The molecular formula is C20H21NO.